The molecule has 0 aliphatic carbocycles. The summed E-state index contributed by atoms with van der Waals surface area (Å²) in [5.41, 5.74) is 6.96. The highest BCUT2D eigenvalue weighted by atomic mass is 79.9. The number of halogens is 2. The van der Waals surface area contributed by atoms with E-state index in [4.69, 9.17) is 5.73 Å². The lowest BCUT2D eigenvalue weighted by Crippen LogP contribution is -2.36. The summed E-state index contributed by atoms with van der Waals surface area (Å²) in [7, 11) is 2.10. The second kappa shape index (κ2) is 7.31. The Labute approximate surface area is 118 Å². The molecule has 3 nitrogen and oxygen atoms in total. The molecule has 0 atom stereocenters. The first-order valence-electron chi connectivity index (χ1n) is 5.42. The van der Waals surface area contributed by atoms with Crippen LogP contribution in [0.2, 0.25) is 0 Å². The highest BCUT2D eigenvalue weighted by Crippen LogP contribution is 2.15. The molecule has 17 heavy (non-hydrogen) atoms. The summed E-state index contributed by atoms with van der Waals surface area (Å²) in [4.78, 5) is 6.61. The number of pyridine rings is 1. The van der Waals surface area contributed by atoms with E-state index in [2.05, 4.69) is 46.7 Å². The molecular formula is C12H21BrClN3. The van der Waals surface area contributed by atoms with Crippen LogP contribution in [0, 0.1) is 5.41 Å². The van der Waals surface area contributed by atoms with Crippen LogP contribution in [0.5, 0.6) is 0 Å². The molecule has 1 heterocycles. The van der Waals surface area contributed by atoms with E-state index in [9.17, 15) is 0 Å². The zero-order valence-electron chi connectivity index (χ0n) is 10.6. The van der Waals surface area contributed by atoms with Gasteiger partial charge in [-0.1, -0.05) is 13.8 Å². The van der Waals surface area contributed by atoms with Crippen molar-refractivity contribution in [2.75, 3.05) is 20.1 Å². The van der Waals surface area contributed by atoms with Crippen LogP contribution in [-0.4, -0.2) is 30.0 Å². The Morgan fingerprint density at radius 2 is 2.06 bits per heavy atom. The van der Waals surface area contributed by atoms with E-state index in [1.54, 1.807) is 0 Å². The fourth-order valence-electron chi connectivity index (χ4n) is 1.63. The first kappa shape index (κ1) is 16.8. The van der Waals surface area contributed by atoms with Gasteiger partial charge in [0.1, 0.15) is 0 Å². The second-order valence-electron chi connectivity index (χ2n) is 5.01. The quantitative estimate of drug-likeness (QED) is 0.906. The third-order valence-corrected chi connectivity index (χ3v) is 2.94. The minimum absolute atomic E-state index is 0. The number of hydrogen-bond donors (Lipinski definition) is 1. The molecular weight excluding hydrogens is 302 g/mol. The van der Waals surface area contributed by atoms with E-state index in [1.807, 2.05) is 18.3 Å². The first-order valence-corrected chi connectivity index (χ1v) is 6.21. The Kier molecular flexibility index (Phi) is 7.24. The van der Waals surface area contributed by atoms with E-state index in [-0.39, 0.29) is 17.8 Å². The fraction of sp³-hybridized carbons (Fsp3) is 0.583. The molecule has 1 aromatic rings. The normalized spacial score (nSPS) is 11.4. The van der Waals surface area contributed by atoms with Crippen molar-refractivity contribution >= 4 is 28.3 Å². The fourth-order valence-corrected chi connectivity index (χ4v) is 1.86. The molecule has 2 N–H and O–H groups in total. The standard InChI is InChI=1S/C12H20BrN3.ClH/c1-12(2,8-14)9-16(3)7-11-5-4-10(13)6-15-11;/h4-6H,7-9,14H2,1-3H3;1H. The molecule has 5 heteroatoms. The first-order chi connectivity index (χ1) is 7.43. The zero-order chi connectivity index (χ0) is 12.2. The number of aromatic nitrogens is 1. The van der Waals surface area contributed by atoms with E-state index in [1.165, 1.54) is 0 Å². The average Bonchev–Trinajstić information content (AvgIpc) is 2.21. The van der Waals surface area contributed by atoms with Gasteiger partial charge in [-0.05, 0) is 47.1 Å². The Morgan fingerprint density at radius 3 is 2.53 bits per heavy atom. The van der Waals surface area contributed by atoms with Gasteiger partial charge in [-0.15, -0.1) is 12.4 Å². The van der Waals surface area contributed by atoms with E-state index in [0.717, 1.165) is 23.3 Å². The monoisotopic (exact) mass is 321 g/mol. The Morgan fingerprint density at radius 1 is 1.41 bits per heavy atom. The molecule has 1 rings (SSSR count). The summed E-state index contributed by atoms with van der Waals surface area (Å²) in [6.45, 7) is 6.89. The van der Waals surface area contributed by atoms with Crippen LogP contribution in [0.1, 0.15) is 19.5 Å². The van der Waals surface area contributed by atoms with Crippen molar-refractivity contribution in [2.45, 2.75) is 20.4 Å². The van der Waals surface area contributed by atoms with Gasteiger partial charge in [-0.2, -0.15) is 0 Å². The van der Waals surface area contributed by atoms with Crippen molar-refractivity contribution in [2.24, 2.45) is 11.1 Å². The Bertz CT molecular complexity index is 327. The van der Waals surface area contributed by atoms with E-state index >= 15 is 0 Å². The van der Waals surface area contributed by atoms with Crippen LogP contribution < -0.4 is 5.73 Å². The van der Waals surface area contributed by atoms with Gasteiger partial charge in [0.05, 0.1) is 5.69 Å². The van der Waals surface area contributed by atoms with Gasteiger partial charge in [-0.3, -0.25) is 9.88 Å². The lowest BCUT2D eigenvalue weighted by atomic mass is 9.93. The lowest BCUT2D eigenvalue weighted by Gasteiger charge is -2.28. The summed E-state index contributed by atoms with van der Waals surface area (Å²) in [5, 5.41) is 0. The summed E-state index contributed by atoms with van der Waals surface area (Å²) in [6, 6.07) is 4.06. The van der Waals surface area contributed by atoms with Gasteiger partial charge in [0, 0.05) is 23.8 Å². The highest BCUT2D eigenvalue weighted by molar-refractivity contribution is 9.10. The van der Waals surface area contributed by atoms with Crippen molar-refractivity contribution in [1.82, 2.24) is 9.88 Å². The van der Waals surface area contributed by atoms with Gasteiger partial charge in [0.25, 0.3) is 0 Å². The largest absolute Gasteiger partial charge is 0.330 e. The third-order valence-electron chi connectivity index (χ3n) is 2.47. The predicted molar refractivity (Wildman–Crippen MR) is 78.4 cm³/mol. The smallest absolute Gasteiger partial charge is 0.0544 e. The van der Waals surface area contributed by atoms with Gasteiger partial charge in [0.15, 0.2) is 0 Å². The van der Waals surface area contributed by atoms with Gasteiger partial charge in [-0.25, -0.2) is 0 Å². The average molecular weight is 323 g/mol. The molecule has 0 aromatic carbocycles. The van der Waals surface area contributed by atoms with E-state index < -0.39 is 0 Å². The predicted octanol–water partition coefficient (Wildman–Crippen LogP) is 2.68. The number of hydrogen-bond acceptors (Lipinski definition) is 3. The molecule has 0 radical (unpaired) electrons. The van der Waals surface area contributed by atoms with E-state index in [0.29, 0.717) is 6.54 Å². The summed E-state index contributed by atoms with van der Waals surface area (Å²) in [5.74, 6) is 0. The molecule has 0 aliphatic heterocycles. The molecule has 0 saturated carbocycles. The molecule has 0 spiro atoms. The van der Waals surface area contributed by atoms with Crippen LogP contribution in [0.3, 0.4) is 0 Å². The minimum Gasteiger partial charge on any atom is -0.330 e. The molecule has 0 unspecified atom stereocenters. The Hall–Kier alpha value is -0.160. The summed E-state index contributed by atoms with van der Waals surface area (Å²) < 4.78 is 1.01. The van der Waals surface area contributed by atoms with Crippen LogP contribution in [0.4, 0.5) is 0 Å². The molecule has 98 valence electrons. The number of nitrogens with zero attached hydrogens (tertiary/aromatic N) is 2. The minimum atomic E-state index is 0. The third kappa shape index (κ3) is 6.36. The second-order valence-corrected chi connectivity index (χ2v) is 5.92. The maximum Gasteiger partial charge on any atom is 0.0544 e. The maximum absolute atomic E-state index is 5.72. The molecule has 0 bridgehead atoms. The Balaban J connectivity index is 0.00000256. The van der Waals surface area contributed by atoms with Crippen LogP contribution in [-0.2, 0) is 6.54 Å². The highest BCUT2D eigenvalue weighted by Gasteiger charge is 2.18. The van der Waals surface area contributed by atoms with Crippen molar-refractivity contribution < 1.29 is 0 Å². The molecule has 0 saturated heterocycles. The van der Waals surface area contributed by atoms with Gasteiger partial charge >= 0.3 is 0 Å². The van der Waals surface area contributed by atoms with Crippen LogP contribution >= 0.6 is 28.3 Å². The van der Waals surface area contributed by atoms with Crippen molar-refractivity contribution in [3.8, 4) is 0 Å². The van der Waals surface area contributed by atoms with Crippen LogP contribution in [0.25, 0.3) is 0 Å². The van der Waals surface area contributed by atoms with Crippen molar-refractivity contribution in [3.05, 3.63) is 28.5 Å². The maximum atomic E-state index is 5.72. The van der Waals surface area contributed by atoms with Crippen molar-refractivity contribution in [3.63, 3.8) is 0 Å². The van der Waals surface area contributed by atoms with Crippen LogP contribution in [0.15, 0.2) is 22.8 Å². The molecule has 0 fully saturated rings. The van der Waals surface area contributed by atoms with Gasteiger partial charge in [0.2, 0.25) is 0 Å². The number of rotatable bonds is 5. The zero-order valence-corrected chi connectivity index (χ0v) is 13.0. The molecule has 0 aliphatic rings. The molecule has 1 aromatic heterocycles. The summed E-state index contributed by atoms with van der Waals surface area (Å²) in [6.07, 6.45) is 1.83. The SMILES string of the molecule is CN(Cc1ccc(Br)cn1)CC(C)(C)CN.Cl. The molecule has 0 amide bonds. The number of nitrogens with two attached hydrogens (primary N) is 1. The lowest BCUT2D eigenvalue weighted by molar-refractivity contribution is 0.208. The van der Waals surface area contributed by atoms with Gasteiger partial charge < -0.3 is 5.73 Å². The summed E-state index contributed by atoms with van der Waals surface area (Å²) >= 11 is 3.38. The topological polar surface area (TPSA) is 42.2 Å². The van der Waals surface area contributed by atoms with Crippen molar-refractivity contribution in [1.29, 1.82) is 0 Å².